The van der Waals surface area contributed by atoms with Crippen molar-refractivity contribution in [2.45, 2.75) is 56.8 Å². The van der Waals surface area contributed by atoms with E-state index in [0.29, 0.717) is 35.4 Å². The van der Waals surface area contributed by atoms with E-state index in [1.165, 1.54) is 16.7 Å². The molecule has 1 amide bonds. The molecule has 0 spiro atoms. The number of para-hydroxylation sites is 1. The minimum absolute atomic E-state index is 0.0700. The Kier molecular flexibility index (Phi) is 7.51. The molecule has 0 bridgehead atoms. The van der Waals surface area contributed by atoms with Crippen LogP contribution in [0.3, 0.4) is 0 Å². The van der Waals surface area contributed by atoms with Crippen molar-refractivity contribution in [1.82, 2.24) is 14.9 Å². The fourth-order valence-electron chi connectivity index (χ4n) is 4.00. The molecule has 8 heteroatoms. The first-order valence-corrected chi connectivity index (χ1v) is 11.7. The monoisotopic (exact) mass is 428 g/mol. The van der Waals surface area contributed by atoms with Crippen molar-refractivity contribution in [3.05, 3.63) is 34.6 Å². The number of nitriles is 1. The molecule has 0 atom stereocenters. The van der Waals surface area contributed by atoms with Gasteiger partial charge in [0, 0.05) is 0 Å². The van der Waals surface area contributed by atoms with Gasteiger partial charge >= 0.3 is 0 Å². The van der Waals surface area contributed by atoms with Gasteiger partial charge in [0.15, 0.2) is 5.16 Å². The topological polar surface area (TPSA) is 92.2 Å². The maximum absolute atomic E-state index is 13.1. The maximum Gasteiger partial charge on any atom is 0.262 e. The molecule has 3 rings (SSSR count). The van der Waals surface area contributed by atoms with Crippen molar-refractivity contribution in [2.75, 3.05) is 25.4 Å². The van der Waals surface area contributed by atoms with Crippen LogP contribution in [0.25, 0.3) is 10.9 Å². The molecule has 1 aliphatic rings. The van der Waals surface area contributed by atoms with E-state index in [1.807, 2.05) is 18.2 Å². The average molecular weight is 429 g/mol. The molecule has 1 aromatic heterocycles. The Bertz CT molecular complexity index is 987. The van der Waals surface area contributed by atoms with Crippen molar-refractivity contribution in [1.29, 1.82) is 5.26 Å². The number of fused-ring (bicyclic) bond motifs is 1. The summed E-state index contributed by atoms with van der Waals surface area (Å²) in [6.07, 6.45) is 3.32. The summed E-state index contributed by atoms with van der Waals surface area (Å²) in [6.45, 7) is 7.63. The lowest BCUT2D eigenvalue weighted by Gasteiger charge is -2.22. The van der Waals surface area contributed by atoms with Crippen LogP contribution in [-0.4, -0.2) is 46.4 Å². The first-order valence-electron chi connectivity index (χ1n) is 10.7. The van der Waals surface area contributed by atoms with Crippen LogP contribution >= 0.6 is 11.8 Å². The number of amides is 1. The average Bonchev–Trinajstić information content (AvgIpc) is 3.23. The highest BCUT2D eigenvalue weighted by Gasteiger charge is 2.35. The van der Waals surface area contributed by atoms with E-state index in [0.717, 1.165) is 32.5 Å². The van der Waals surface area contributed by atoms with Crippen LogP contribution in [0.15, 0.2) is 34.2 Å². The highest BCUT2D eigenvalue weighted by molar-refractivity contribution is 7.99. The van der Waals surface area contributed by atoms with E-state index in [2.05, 4.69) is 30.2 Å². The van der Waals surface area contributed by atoms with Gasteiger partial charge in [0.05, 0.1) is 48.9 Å². The maximum atomic E-state index is 13.1. The van der Waals surface area contributed by atoms with Crippen molar-refractivity contribution in [3.63, 3.8) is 0 Å². The third-order valence-electron chi connectivity index (χ3n) is 5.90. The van der Waals surface area contributed by atoms with Crippen LogP contribution in [0.1, 0.15) is 39.5 Å². The lowest BCUT2D eigenvalue weighted by molar-refractivity contribution is -0.897. The number of carbonyl (C=O) groups is 1. The zero-order valence-corrected chi connectivity index (χ0v) is 18.6. The predicted octanol–water partition coefficient (Wildman–Crippen LogP) is 1.37. The van der Waals surface area contributed by atoms with Gasteiger partial charge in [-0.15, -0.1) is 0 Å². The lowest BCUT2D eigenvalue weighted by Crippen LogP contribution is -3.11. The van der Waals surface area contributed by atoms with Gasteiger partial charge in [0.2, 0.25) is 5.91 Å². The van der Waals surface area contributed by atoms with Crippen molar-refractivity contribution >= 4 is 28.6 Å². The van der Waals surface area contributed by atoms with Crippen molar-refractivity contribution in [3.8, 4) is 6.07 Å². The zero-order chi connectivity index (χ0) is 21.6. The molecule has 160 valence electrons. The number of nitrogens with zero attached hydrogens (tertiary/aromatic N) is 3. The van der Waals surface area contributed by atoms with E-state index < -0.39 is 5.54 Å². The van der Waals surface area contributed by atoms with Gasteiger partial charge in [-0.1, -0.05) is 23.9 Å². The zero-order valence-electron chi connectivity index (χ0n) is 17.7. The molecule has 0 radical (unpaired) electrons. The number of aromatic nitrogens is 2. The van der Waals surface area contributed by atoms with Crippen LogP contribution in [-0.2, 0) is 11.3 Å². The van der Waals surface area contributed by atoms with Gasteiger partial charge in [-0.3, -0.25) is 14.2 Å². The molecule has 7 nitrogen and oxygen atoms in total. The van der Waals surface area contributed by atoms with Crippen molar-refractivity contribution in [2.24, 2.45) is 0 Å². The highest BCUT2D eigenvalue weighted by Crippen LogP contribution is 2.29. The number of quaternary nitrogens is 1. The fraction of sp³-hybridized carbons (Fsp3) is 0.545. The standard InChI is InChI=1S/C22H29N5O2S/c1-3-26(4-2)13-14-27-20(29)17-9-5-6-10-18(17)24-21(27)30-15-19(28)25-22(16-23)11-7-8-12-22/h5-6,9-10H,3-4,7-8,11-15H2,1-2H3,(H,25,28)/p+1. The number of carbonyl (C=O) groups excluding carboxylic acids is 1. The number of nitrogens with one attached hydrogen (secondary N) is 2. The Hall–Kier alpha value is -2.37. The molecule has 1 fully saturated rings. The van der Waals surface area contributed by atoms with Gasteiger partial charge in [0.1, 0.15) is 5.54 Å². The van der Waals surface area contributed by atoms with Crippen LogP contribution in [0.5, 0.6) is 0 Å². The first-order chi connectivity index (χ1) is 14.5. The van der Waals surface area contributed by atoms with E-state index >= 15 is 0 Å². The van der Waals surface area contributed by atoms with Crippen LogP contribution in [0.2, 0.25) is 0 Å². The number of thioether (sulfide) groups is 1. The Morgan fingerprint density at radius 3 is 2.67 bits per heavy atom. The second-order valence-corrected chi connectivity index (χ2v) is 8.76. The SMILES string of the molecule is CC[NH+](CC)CCn1c(SCC(=O)NC2(C#N)CCCC2)nc2ccccc2c1=O. The Balaban J connectivity index is 1.80. The molecule has 1 saturated carbocycles. The minimum atomic E-state index is -0.736. The van der Waals surface area contributed by atoms with Gasteiger partial charge in [-0.05, 0) is 51.7 Å². The lowest BCUT2D eigenvalue weighted by atomic mass is 10.0. The third kappa shape index (κ3) is 5.02. The summed E-state index contributed by atoms with van der Waals surface area (Å²) in [5, 5.41) is 13.5. The summed E-state index contributed by atoms with van der Waals surface area (Å²) in [5.74, 6) is -0.0569. The summed E-state index contributed by atoms with van der Waals surface area (Å²) in [7, 11) is 0. The third-order valence-corrected chi connectivity index (χ3v) is 6.87. The second-order valence-electron chi connectivity index (χ2n) is 7.81. The van der Waals surface area contributed by atoms with E-state index in [-0.39, 0.29) is 17.2 Å². The van der Waals surface area contributed by atoms with E-state index in [9.17, 15) is 14.9 Å². The van der Waals surface area contributed by atoms with Gasteiger partial charge in [-0.2, -0.15) is 5.26 Å². The molecule has 0 aliphatic heterocycles. The number of hydrogen-bond donors (Lipinski definition) is 2. The molecule has 30 heavy (non-hydrogen) atoms. The van der Waals surface area contributed by atoms with Crippen LogP contribution < -0.4 is 15.8 Å². The molecular formula is C22H30N5O2S+. The smallest absolute Gasteiger partial charge is 0.262 e. The van der Waals surface area contributed by atoms with E-state index in [1.54, 1.807) is 10.6 Å². The van der Waals surface area contributed by atoms with Gasteiger partial charge in [-0.25, -0.2) is 4.98 Å². The van der Waals surface area contributed by atoms with Gasteiger partial charge in [0.25, 0.3) is 5.56 Å². The fourth-order valence-corrected chi connectivity index (χ4v) is 4.83. The second kappa shape index (κ2) is 10.1. The Morgan fingerprint density at radius 2 is 2.00 bits per heavy atom. The molecule has 0 unspecified atom stereocenters. The Morgan fingerprint density at radius 1 is 1.30 bits per heavy atom. The predicted molar refractivity (Wildman–Crippen MR) is 119 cm³/mol. The molecular weight excluding hydrogens is 398 g/mol. The molecule has 1 aliphatic carbocycles. The largest absolute Gasteiger partial charge is 0.337 e. The minimum Gasteiger partial charge on any atom is -0.337 e. The summed E-state index contributed by atoms with van der Waals surface area (Å²) in [6, 6.07) is 9.60. The first kappa shape index (κ1) is 22.3. The van der Waals surface area contributed by atoms with Crippen LogP contribution in [0, 0.1) is 11.3 Å². The molecule has 2 N–H and O–H groups in total. The Labute approximate surface area is 181 Å². The summed E-state index contributed by atoms with van der Waals surface area (Å²) in [5.41, 5.74) is -0.166. The number of hydrogen-bond acceptors (Lipinski definition) is 5. The van der Waals surface area contributed by atoms with Gasteiger partial charge < -0.3 is 10.2 Å². The highest BCUT2D eigenvalue weighted by atomic mass is 32.2. The summed E-state index contributed by atoms with van der Waals surface area (Å²) >= 11 is 1.26. The van der Waals surface area contributed by atoms with Crippen LogP contribution in [0.4, 0.5) is 0 Å². The van der Waals surface area contributed by atoms with Crippen molar-refractivity contribution < 1.29 is 9.69 Å². The number of benzene rings is 1. The normalized spacial score (nSPS) is 15.4. The molecule has 1 aromatic carbocycles. The summed E-state index contributed by atoms with van der Waals surface area (Å²) in [4.78, 5) is 31.8. The van der Waals surface area contributed by atoms with E-state index in [4.69, 9.17) is 0 Å². The summed E-state index contributed by atoms with van der Waals surface area (Å²) < 4.78 is 1.70. The molecule has 0 saturated heterocycles. The quantitative estimate of drug-likeness (QED) is 0.465. The molecule has 2 aromatic rings. The molecule has 1 heterocycles. The number of likely N-dealkylation sites (N-methyl/N-ethyl adjacent to an activating group) is 1. The number of rotatable bonds is 9.